The zero-order chi connectivity index (χ0) is 36.6. The van der Waals surface area contributed by atoms with Gasteiger partial charge in [0.1, 0.15) is 6.10 Å². The second kappa shape index (κ2) is 21.7. The van der Waals surface area contributed by atoms with Crippen molar-refractivity contribution >= 4 is 16.6 Å². The van der Waals surface area contributed by atoms with Gasteiger partial charge in [0.2, 0.25) is 10.4 Å². The number of ether oxygens (including phenoxy) is 2. The third-order valence-electron chi connectivity index (χ3n) is 6.88. The van der Waals surface area contributed by atoms with Crippen LogP contribution in [0.4, 0.5) is 4.79 Å². The number of rotatable bonds is 24. The first-order valence-corrected chi connectivity index (χ1v) is 16.8. The Morgan fingerprint density at radius 1 is 0.681 bits per heavy atom. The summed E-state index contributed by atoms with van der Waals surface area (Å²) in [5.41, 5.74) is -0.523. The number of hydrogen-bond donors (Lipinski definition) is 6. The van der Waals surface area contributed by atoms with Crippen LogP contribution in [0.1, 0.15) is 106 Å². The molecule has 0 saturated heterocycles. The van der Waals surface area contributed by atoms with Gasteiger partial charge in [-0.3, -0.25) is 4.18 Å². The van der Waals surface area contributed by atoms with Crippen molar-refractivity contribution in [3.8, 4) is 0 Å². The molecule has 0 bridgehead atoms. The van der Waals surface area contributed by atoms with Crippen LogP contribution in [0.15, 0.2) is 0 Å². The second-order valence-electron chi connectivity index (χ2n) is 14.5. The van der Waals surface area contributed by atoms with Crippen molar-refractivity contribution in [1.82, 2.24) is 0 Å². The molecule has 0 amide bonds. The van der Waals surface area contributed by atoms with E-state index >= 15 is 0 Å². The van der Waals surface area contributed by atoms with Gasteiger partial charge in [0.15, 0.2) is 0 Å². The van der Waals surface area contributed by atoms with Gasteiger partial charge in [-0.2, -0.15) is 0 Å². The first kappa shape index (κ1) is 45.7. The number of hydrogen-bond acceptors (Lipinski definition) is 16. The Hall–Kier alpha value is -1.26. The quantitative estimate of drug-likeness (QED) is 0.0142. The highest BCUT2D eigenvalue weighted by atomic mass is 32.3. The fourth-order valence-corrected chi connectivity index (χ4v) is 5.91. The molecule has 18 heteroatoms. The molecule has 0 spiro atoms. The summed E-state index contributed by atoms with van der Waals surface area (Å²) in [7, 11) is -5.31. The van der Waals surface area contributed by atoms with Gasteiger partial charge in [-0.05, 0) is 49.4 Å². The van der Waals surface area contributed by atoms with Gasteiger partial charge in [0, 0.05) is 31.8 Å². The SMILES string of the molecule is CC(C)(C)CC(O)CC(CC(O)CC(O)CC(CC(O)CC(O)CC(CC(O)CC(C)(C)C)OC(=O)O[O-])OS(=O)(=O)[O-])O[CH-][OH+][O-]. The molecule has 0 rings (SSSR count). The van der Waals surface area contributed by atoms with E-state index in [1.807, 2.05) is 41.5 Å². The monoisotopic (exact) mass is 707 g/mol. The lowest BCUT2D eigenvalue weighted by Gasteiger charge is -2.30. The minimum absolute atomic E-state index is 0.0324. The maximum atomic E-state index is 11.4. The molecular weight excluding hydrogens is 652 g/mol. The van der Waals surface area contributed by atoms with Crippen LogP contribution in [-0.4, -0.2) is 110 Å². The molecule has 0 aliphatic rings. The summed E-state index contributed by atoms with van der Waals surface area (Å²) in [6.45, 7) is 11.9. The molecule has 0 radical (unpaired) electrons. The smallest absolute Gasteiger partial charge is 0.502 e. The third kappa shape index (κ3) is 26.3. The molecule has 9 unspecified atom stereocenters. The Morgan fingerprint density at radius 2 is 1.04 bits per heavy atom. The van der Waals surface area contributed by atoms with Crippen LogP contribution in [-0.2, 0) is 28.9 Å². The summed E-state index contributed by atoms with van der Waals surface area (Å²) in [5, 5.41) is 83.8. The highest BCUT2D eigenvalue weighted by Crippen LogP contribution is 2.27. The molecule has 0 aromatic carbocycles. The summed E-state index contributed by atoms with van der Waals surface area (Å²) in [6, 6.07) is 0. The fourth-order valence-electron chi connectivity index (χ4n) is 5.42. The summed E-state index contributed by atoms with van der Waals surface area (Å²) in [4.78, 5) is 17.2. The Kier molecular flexibility index (Phi) is 21.2. The van der Waals surface area contributed by atoms with Crippen molar-refractivity contribution in [2.45, 2.75) is 161 Å². The average Bonchev–Trinajstić information content (AvgIpc) is 2.83. The molecule has 0 saturated carbocycles. The minimum atomic E-state index is -5.31. The van der Waals surface area contributed by atoms with Crippen LogP contribution in [0.25, 0.3) is 0 Å². The van der Waals surface area contributed by atoms with Crippen LogP contribution in [0.5, 0.6) is 0 Å². The molecule has 0 fully saturated rings. The van der Waals surface area contributed by atoms with Crippen LogP contribution in [0, 0.1) is 17.6 Å². The fraction of sp³-hybridized carbons (Fsp3) is 0.931. The van der Waals surface area contributed by atoms with Crippen LogP contribution in [0.3, 0.4) is 0 Å². The van der Waals surface area contributed by atoms with E-state index in [1.54, 1.807) is 0 Å². The number of aliphatic hydroxyl groups excluding tert-OH is 6. The molecule has 0 aromatic heterocycles. The standard InChI is InChI=1S/C29H57O17S/c1-28(2,3)15-22(34)13-24(42-17-43-37)9-18(30)7-20(32)11-26(46-47(39,40)41)12-21(33)8-19(31)10-25(44-27(36)45-38)14-23(35)16-29(4,5)6/h17-26,30-35,38,43H,7-16H2,1-6H3,(H,39,40,41)/q-1/p-2. The van der Waals surface area contributed by atoms with Crippen molar-refractivity contribution < 1.29 is 82.4 Å². The van der Waals surface area contributed by atoms with Crippen molar-refractivity contribution in [3.63, 3.8) is 0 Å². The average molecular weight is 708 g/mol. The highest BCUT2D eigenvalue weighted by Gasteiger charge is 2.29. The largest absolute Gasteiger partial charge is 0.726 e. The maximum Gasteiger partial charge on any atom is 0.502 e. The summed E-state index contributed by atoms with van der Waals surface area (Å²) in [6.07, 6.45) is -14.6. The Morgan fingerprint density at radius 3 is 1.40 bits per heavy atom. The Labute approximate surface area is 277 Å². The number of carbonyl (C=O) groups is 1. The van der Waals surface area contributed by atoms with E-state index in [9.17, 15) is 58.9 Å². The van der Waals surface area contributed by atoms with Crippen molar-refractivity contribution in [1.29, 1.82) is 0 Å². The number of aliphatic hydroxyl groups is 7. The lowest BCUT2D eigenvalue weighted by molar-refractivity contribution is -0.771. The van der Waals surface area contributed by atoms with E-state index in [-0.39, 0.29) is 42.9 Å². The van der Waals surface area contributed by atoms with Gasteiger partial charge < -0.3 is 65.0 Å². The van der Waals surface area contributed by atoms with Gasteiger partial charge in [-0.25, -0.2) is 13.2 Å². The molecular formula is C29H55O17S-3. The van der Waals surface area contributed by atoms with Gasteiger partial charge in [-0.15, -0.1) is 0 Å². The highest BCUT2D eigenvalue weighted by molar-refractivity contribution is 7.80. The molecule has 47 heavy (non-hydrogen) atoms. The summed E-state index contributed by atoms with van der Waals surface area (Å²) >= 11 is 0. The topological polar surface area (TPSA) is 291 Å². The molecule has 0 heterocycles. The molecule has 0 aliphatic heterocycles. The predicted octanol–water partition coefficient (Wildman–Crippen LogP) is -0.339. The van der Waals surface area contributed by atoms with Gasteiger partial charge in [0.05, 0.1) is 49.5 Å². The number of carbonyl (C=O) groups excluding carboxylic acids is 1. The first-order chi connectivity index (χ1) is 21.4. The minimum Gasteiger partial charge on any atom is -0.726 e. The molecule has 282 valence electrons. The van der Waals surface area contributed by atoms with Crippen LogP contribution < -0.4 is 10.5 Å². The predicted molar refractivity (Wildman–Crippen MR) is 159 cm³/mol. The Balaban J connectivity index is 5.33. The summed E-state index contributed by atoms with van der Waals surface area (Å²) < 4.78 is 48.6. The van der Waals surface area contributed by atoms with E-state index in [1.165, 1.54) is 0 Å². The molecule has 0 aromatic rings. The molecule has 9 atom stereocenters. The lowest BCUT2D eigenvalue weighted by Crippen LogP contribution is -2.34. The van der Waals surface area contributed by atoms with E-state index in [2.05, 4.69) is 14.0 Å². The first-order valence-electron chi connectivity index (χ1n) is 15.4. The van der Waals surface area contributed by atoms with Gasteiger partial charge in [-0.1, -0.05) is 41.5 Å². The van der Waals surface area contributed by atoms with Crippen molar-refractivity contribution in [2.24, 2.45) is 10.8 Å². The van der Waals surface area contributed by atoms with Gasteiger partial charge >= 0.3 is 6.16 Å². The van der Waals surface area contributed by atoms with E-state index in [0.717, 1.165) is 0 Å². The van der Waals surface area contributed by atoms with E-state index < -0.39 is 90.8 Å². The third-order valence-corrected chi connectivity index (χ3v) is 7.38. The Bertz CT molecular complexity index is 951. The van der Waals surface area contributed by atoms with E-state index in [0.29, 0.717) is 19.6 Å². The zero-order valence-corrected chi connectivity index (χ0v) is 28.8. The lowest BCUT2D eigenvalue weighted by atomic mass is 9.86. The summed E-state index contributed by atoms with van der Waals surface area (Å²) in [5.74, 6) is 0. The maximum absolute atomic E-state index is 11.4. The van der Waals surface area contributed by atoms with Crippen molar-refractivity contribution in [3.05, 3.63) is 6.79 Å². The van der Waals surface area contributed by atoms with Crippen molar-refractivity contribution in [2.75, 3.05) is 0 Å². The van der Waals surface area contributed by atoms with Crippen LogP contribution >= 0.6 is 0 Å². The van der Waals surface area contributed by atoms with Crippen LogP contribution in [0.2, 0.25) is 0 Å². The van der Waals surface area contributed by atoms with Gasteiger partial charge in [0.25, 0.3) is 0 Å². The molecule has 0 aliphatic carbocycles. The zero-order valence-electron chi connectivity index (χ0n) is 28.0. The van der Waals surface area contributed by atoms with E-state index in [4.69, 9.17) is 9.47 Å². The second-order valence-corrected chi connectivity index (χ2v) is 15.5. The molecule has 17 nitrogen and oxygen atoms in total. The normalized spacial score (nSPS) is 18.8. The molecule has 7 N–H and O–H groups in total.